The molecule has 2 aliphatic rings. The maximum Gasteiger partial charge on any atom is 0.216 e. The third kappa shape index (κ3) is 5.25. The van der Waals surface area contributed by atoms with Crippen molar-refractivity contribution in [1.82, 2.24) is 20.3 Å². The molecule has 0 spiro atoms. The number of anilines is 2. The van der Waals surface area contributed by atoms with Crippen LogP contribution in [0.15, 0.2) is 40.1 Å². The summed E-state index contributed by atoms with van der Waals surface area (Å²) in [6, 6.07) is 9.39. The molecule has 2 fully saturated rings. The Morgan fingerprint density at radius 3 is 2.66 bits per heavy atom. The van der Waals surface area contributed by atoms with Crippen LogP contribution in [0.25, 0.3) is 11.4 Å². The summed E-state index contributed by atoms with van der Waals surface area (Å²) in [5.74, 6) is 1.15. The van der Waals surface area contributed by atoms with Gasteiger partial charge in [0.05, 0.1) is 31.6 Å². The van der Waals surface area contributed by atoms with Crippen molar-refractivity contribution in [1.29, 1.82) is 0 Å². The van der Waals surface area contributed by atoms with Gasteiger partial charge in [-0.1, -0.05) is 0 Å². The molecule has 2 aromatic heterocycles. The maximum absolute atomic E-state index is 13.8. The van der Waals surface area contributed by atoms with Gasteiger partial charge in [0.2, 0.25) is 14.2 Å². The number of nitrogens with zero attached hydrogens (tertiary/aromatic N) is 4. The van der Waals surface area contributed by atoms with E-state index in [-0.39, 0.29) is 17.0 Å². The van der Waals surface area contributed by atoms with Gasteiger partial charge in [-0.3, -0.25) is 0 Å². The Morgan fingerprint density at radius 2 is 2.03 bits per heavy atom. The SMILES string of the molecule is Cc1csc(S(=O)(=O)C2(c3cc(N4CCOC[C@@H]4C)nc(-c4ccc(NC(=S)NCCO)cc4)n3)CC2)n1. The molecule has 3 heterocycles. The Balaban J connectivity index is 1.53. The summed E-state index contributed by atoms with van der Waals surface area (Å²) in [5, 5.41) is 17.1. The van der Waals surface area contributed by atoms with E-state index in [0.29, 0.717) is 67.3 Å². The van der Waals surface area contributed by atoms with Crippen LogP contribution in [-0.4, -0.2) is 72.5 Å². The topological polar surface area (TPSA) is 130 Å². The summed E-state index contributed by atoms with van der Waals surface area (Å²) in [7, 11) is -3.72. The van der Waals surface area contributed by atoms with Crippen LogP contribution in [0.5, 0.6) is 0 Å². The number of aromatic nitrogens is 3. The normalized spacial score (nSPS) is 18.7. The van der Waals surface area contributed by atoms with Crippen molar-refractivity contribution in [2.45, 2.75) is 41.8 Å². The van der Waals surface area contributed by atoms with Crippen LogP contribution in [0.2, 0.25) is 0 Å². The molecule has 1 aromatic carbocycles. The standard InChI is InChI=1S/C25H30N6O4S3/c1-16-15-37-24(27-16)38(33,34)25(7-8-25)20-13-21(31-10-12-35-14-17(31)2)30-22(29-20)18-3-5-19(6-4-18)28-23(36)26-9-11-32/h3-6,13,15,17,32H,7-12,14H2,1-2H3,(H2,26,28,36)/t17-/m0/s1. The maximum atomic E-state index is 13.8. The van der Waals surface area contributed by atoms with Gasteiger partial charge in [0.1, 0.15) is 10.6 Å². The number of aliphatic hydroxyl groups excluding tert-OH is 1. The van der Waals surface area contributed by atoms with E-state index in [1.165, 1.54) is 0 Å². The predicted molar refractivity (Wildman–Crippen MR) is 151 cm³/mol. The van der Waals surface area contributed by atoms with Gasteiger partial charge in [0.25, 0.3) is 0 Å². The number of aliphatic hydroxyl groups is 1. The lowest BCUT2D eigenvalue weighted by Crippen LogP contribution is -2.44. The minimum Gasteiger partial charge on any atom is -0.395 e. The van der Waals surface area contributed by atoms with Crippen LogP contribution >= 0.6 is 23.6 Å². The van der Waals surface area contributed by atoms with E-state index >= 15 is 0 Å². The van der Waals surface area contributed by atoms with Gasteiger partial charge in [-0.05, 0) is 63.2 Å². The highest BCUT2D eigenvalue weighted by Gasteiger charge is 2.59. The Hall–Kier alpha value is -2.71. The summed E-state index contributed by atoms with van der Waals surface area (Å²) >= 11 is 6.39. The molecule has 38 heavy (non-hydrogen) atoms. The van der Waals surface area contributed by atoms with Gasteiger partial charge in [-0.15, -0.1) is 11.3 Å². The van der Waals surface area contributed by atoms with Crippen molar-refractivity contribution in [3.8, 4) is 11.4 Å². The molecule has 1 aliphatic carbocycles. The molecule has 13 heteroatoms. The van der Waals surface area contributed by atoms with Crippen molar-refractivity contribution in [3.05, 3.63) is 47.1 Å². The van der Waals surface area contributed by atoms with Crippen LogP contribution in [0.4, 0.5) is 11.5 Å². The fourth-order valence-electron chi connectivity index (χ4n) is 4.46. The Morgan fingerprint density at radius 1 is 1.26 bits per heavy atom. The summed E-state index contributed by atoms with van der Waals surface area (Å²) in [6.07, 6.45) is 0.979. The first-order chi connectivity index (χ1) is 18.2. The molecular formula is C25H30N6O4S3. The number of hydrogen-bond acceptors (Lipinski definition) is 10. The fraction of sp³-hybridized carbons (Fsp3) is 0.440. The number of thiocarbonyl (C=S) groups is 1. The molecule has 0 unspecified atom stereocenters. The average Bonchev–Trinajstić information content (AvgIpc) is 3.63. The number of aryl methyl sites for hydroxylation is 1. The lowest BCUT2D eigenvalue weighted by Gasteiger charge is -2.34. The first kappa shape index (κ1) is 26.9. The van der Waals surface area contributed by atoms with Gasteiger partial charge < -0.3 is 25.4 Å². The van der Waals surface area contributed by atoms with Crippen molar-refractivity contribution < 1.29 is 18.3 Å². The molecule has 0 amide bonds. The van der Waals surface area contributed by atoms with Crippen molar-refractivity contribution >= 4 is 50.0 Å². The minimum atomic E-state index is -3.72. The molecule has 1 saturated heterocycles. The highest BCUT2D eigenvalue weighted by Crippen LogP contribution is 2.55. The zero-order chi connectivity index (χ0) is 26.9. The van der Waals surface area contributed by atoms with Crippen LogP contribution in [0.3, 0.4) is 0 Å². The van der Waals surface area contributed by atoms with E-state index in [2.05, 4.69) is 27.4 Å². The number of nitrogens with one attached hydrogen (secondary N) is 2. The number of morpholine rings is 1. The molecule has 3 aromatic rings. The molecule has 1 saturated carbocycles. The van der Waals surface area contributed by atoms with Crippen molar-refractivity contribution in [3.63, 3.8) is 0 Å². The Kier molecular flexibility index (Phi) is 7.65. The van der Waals surface area contributed by atoms with E-state index in [1.807, 2.05) is 30.3 Å². The van der Waals surface area contributed by atoms with Gasteiger partial charge in [0, 0.05) is 41.5 Å². The molecule has 5 rings (SSSR count). The first-order valence-electron chi connectivity index (χ1n) is 12.4. The molecule has 10 nitrogen and oxygen atoms in total. The second kappa shape index (κ2) is 10.8. The highest BCUT2D eigenvalue weighted by molar-refractivity contribution is 7.94. The molecule has 1 atom stereocenters. The molecule has 1 aliphatic heterocycles. The lowest BCUT2D eigenvalue weighted by molar-refractivity contribution is 0.0985. The molecule has 202 valence electrons. The summed E-state index contributed by atoms with van der Waals surface area (Å²) in [4.78, 5) is 16.1. The van der Waals surface area contributed by atoms with Crippen LogP contribution < -0.4 is 15.5 Å². The molecule has 0 radical (unpaired) electrons. The second-order valence-electron chi connectivity index (χ2n) is 9.49. The minimum absolute atomic E-state index is 0.0160. The van der Waals surface area contributed by atoms with E-state index in [9.17, 15) is 8.42 Å². The van der Waals surface area contributed by atoms with Gasteiger partial charge >= 0.3 is 0 Å². The average molecular weight is 575 g/mol. The van der Waals surface area contributed by atoms with E-state index in [0.717, 1.165) is 22.6 Å². The summed E-state index contributed by atoms with van der Waals surface area (Å²) in [6.45, 7) is 6.01. The number of thiazole rings is 1. The van der Waals surface area contributed by atoms with Gasteiger partial charge in [0.15, 0.2) is 10.9 Å². The largest absolute Gasteiger partial charge is 0.395 e. The van der Waals surface area contributed by atoms with Gasteiger partial charge in [-0.2, -0.15) is 0 Å². The number of hydrogen-bond donors (Lipinski definition) is 3. The van der Waals surface area contributed by atoms with Crippen LogP contribution in [0, 0.1) is 6.92 Å². The third-order valence-electron chi connectivity index (χ3n) is 6.69. The van der Waals surface area contributed by atoms with Crippen LogP contribution in [0.1, 0.15) is 31.2 Å². The Bertz CT molecular complexity index is 1420. The first-order valence-corrected chi connectivity index (χ1v) is 15.2. The number of rotatable bonds is 8. The van der Waals surface area contributed by atoms with E-state index in [4.69, 9.17) is 32.0 Å². The van der Waals surface area contributed by atoms with Crippen LogP contribution in [-0.2, 0) is 19.3 Å². The molecule has 3 N–H and O–H groups in total. The highest BCUT2D eigenvalue weighted by atomic mass is 32.2. The van der Waals surface area contributed by atoms with Gasteiger partial charge in [-0.25, -0.2) is 23.4 Å². The quantitative estimate of drug-likeness (QED) is 0.344. The molecular weight excluding hydrogens is 545 g/mol. The summed E-state index contributed by atoms with van der Waals surface area (Å²) < 4.78 is 32.2. The van der Waals surface area contributed by atoms with E-state index < -0.39 is 14.6 Å². The predicted octanol–water partition coefficient (Wildman–Crippen LogP) is 2.88. The van der Waals surface area contributed by atoms with Crippen molar-refractivity contribution in [2.75, 3.05) is 43.1 Å². The zero-order valence-corrected chi connectivity index (χ0v) is 23.6. The van der Waals surface area contributed by atoms with E-state index in [1.54, 1.807) is 12.3 Å². The fourth-order valence-corrected chi connectivity index (χ4v) is 7.95. The zero-order valence-electron chi connectivity index (χ0n) is 21.2. The number of sulfone groups is 1. The van der Waals surface area contributed by atoms with Crippen molar-refractivity contribution in [2.24, 2.45) is 0 Å². The number of benzene rings is 1. The third-order valence-corrected chi connectivity index (χ3v) is 10.8. The smallest absolute Gasteiger partial charge is 0.216 e. The second-order valence-corrected chi connectivity index (χ2v) is 13.2. The monoisotopic (exact) mass is 574 g/mol. The molecule has 0 bridgehead atoms. The Labute approximate surface area is 231 Å². The lowest BCUT2D eigenvalue weighted by atomic mass is 10.1. The number of ether oxygens (including phenoxy) is 1. The summed E-state index contributed by atoms with van der Waals surface area (Å²) in [5.41, 5.74) is 2.71.